The normalized spacial score (nSPS) is 19.7. The second kappa shape index (κ2) is 7.03. The Bertz CT molecular complexity index is 863. The maximum atomic E-state index is 12.6. The molecule has 0 spiro atoms. The number of carbonyl (C=O) groups is 1. The molecule has 1 atom stereocenters. The number of nitrogens with one attached hydrogen (secondary N) is 3. The molecule has 7 heteroatoms. The van der Waals surface area contributed by atoms with Crippen LogP contribution in [-0.2, 0) is 4.79 Å². The smallest absolute Gasteiger partial charge is 0.238 e. The quantitative estimate of drug-likeness (QED) is 0.711. The van der Waals surface area contributed by atoms with Crippen LogP contribution in [0, 0.1) is 5.41 Å². The Morgan fingerprint density at radius 1 is 1.23 bits per heavy atom. The Labute approximate surface area is 156 Å². The first-order valence-corrected chi connectivity index (χ1v) is 9.27. The molecule has 2 aliphatic rings. The first kappa shape index (κ1) is 17.0. The molecule has 1 aliphatic heterocycles. The molecule has 2 heterocycles. The van der Waals surface area contributed by atoms with Crippen LogP contribution < -0.4 is 10.6 Å². The predicted octanol–water partition coefficient (Wildman–Crippen LogP) is 3.96. The summed E-state index contributed by atoms with van der Waals surface area (Å²) in [6.07, 6.45) is 8.56. The van der Waals surface area contributed by atoms with Crippen LogP contribution in [0.3, 0.4) is 0 Å². The van der Waals surface area contributed by atoms with Gasteiger partial charge in [-0.1, -0.05) is 30.9 Å². The van der Waals surface area contributed by atoms with Crippen LogP contribution in [0.2, 0.25) is 5.02 Å². The first-order chi connectivity index (χ1) is 12.7. The Balaban J connectivity index is 1.73. The molecule has 2 aromatic rings. The van der Waals surface area contributed by atoms with E-state index in [-0.39, 0.29) is 5.91 Å². The van der Waals surface area contributed by atoms with Crippen molar-refractivity contribution < 1.29 is 4.79 Å². The number of amides is 1. The van der Waals surface area contributed by atoms with Crippen LogP contribution in [0.1, 0.15) is 54.8 Å². The van der Waals surface area contributed by atoms with Crippen LogP contribution in [-0.4, -0.2) is 28.1 Å². The molecule has 1 aromatic heterocycles. The van der Waals surface area contributed by atoms with Gasteiger partial charge < -0.3 is 16.0 Å². The Hall–Kier alpha value is -2.47. The van der Waals surface area contributed by atoms with Crippen molar-refractivity contribution in [3.05, 3.63) is 46.4 Å². The molecule has 3 N–H and O–H groups in total. The number of nitrogens with zero attached hydrogens (tertiary/aromatic N) is 2. The number of rotatable bonds is 4. The molecule has 1 aliphatic carbocycles. The van der Waals surface area contributed by atoms with Gasteiger partial charge in [0.25, 0.3) is 0 Å². The number of halogens is 1. The maximum absolute atomic E-state index is 12.6. The summed E-state index contributed by atoms with van der Waals surface area (Å²) in [4.78, 5) is 21.3. The second-order valence-electron chi connectivity index (χ2n) is 6.80. The van der Waals surface area contributed by atoms with Gasteiger partial charge in [0.05, 0.1) is 11.3 Å². The highest BCUT2D eigenvalue weighted by Gasteiger charge is 2.35. The minimum atomic E-state index is -0.588. The fourth-order valence-electron chi connectivity index (χ4n) is 3.84. The highest BCUT2D eigenvalue weighted by Crippen LogP contribution is 2.39. The third-order valence-electron chi connectivity index (χ3n) is 5.12. The lowest BCUT2D eigenvalue weighted by Crippen LogP contribution is -2.25. The van der Waals surface area contributed by atoms with Crippen molar-refractivity contribution in [3.63, 3.8) is 0 Å². The van der Waals surface area contributed by atoms with Crippen LogP contribution in [0.15, 0.2) is 24.5 Å². The highest BCUT2D eigenvalue weighted by molar-refractivity contribution is 6.31. The third kappa shape index (κ3) is 3.05. The van der Waals surface area contributed by atoms with E-state index >= 15 is 0 Å². The van der Waals surface area contributed by atoms with E-state index in [4.69, 9.17) is 17.0 Å². The standard InChI is InChI=1S/C19H20ClN5O/c20-11-6-7-15-13(8-11)16(19(26)25-15)17-14(9-21)18(23-10-22-17)24-12-4-2-1-3-5-12/h6-10,12,16,21H,1-5H2,(H,25,26)(H,22,23,24). The van der Waals surface area contributed by atoms with E-state index in [1.54, 1.807) is 18.2 Å². The van der Waals surface area contributed by atoms with Crippen LogP contribution in [0.4, 0.5) is 11.5 Å². The number of hydrogen-bond donors (Lipinski definition) is 3. The van der Waals surface area contributed by atoms with E-state index in [0.29, 0.717) is 28.1 Å². The summed E-state index contributed by atoms with van der Waals surface area (Å²) in [6.45, 7) is 0. The molecule has 1 aromatic carbocycles. The summed E-state index contributed by atoms with van der Waals surface area (Å²) in [7, 11) is 0. The zero-order valence-electron chi connectivity index (χ0n) is 14.3. The van der Waals surface area contributed by atoms with Gasteiger partial charge >= 0.3 is 0 Å². The van der Waals surface area contributed by atoms with Crippen molar-refractivity contribution in [2.24, 2.45) is 0 Å². The summed E-state index contributed by atoms with van der Waals surface area (Å²) in [5.41, 5.74) is 2.62. The molecule has 134 valence electrons. The molecule has 1 saturated carbocycles. The maximum Gasteiger partial charge on any atom is 0.238 e. The van der Waals surface area contributed by atoms with E-state index in [2.05, 4.69) is 20.6 Å². The molecule has 0 saturated heterocycles. The van der Waals surface area contributed by atoms with Gasteiger partial charge in [0, 0.05) is 23.0 Å². The highest BCUT2D eigenvalue weighted by atomic mass is 35.5. The van der Waals surface area contributed by atoms with Crippen LogP contribution >= 0.6 is 11.6 Å². The van der Waals surface area contributed by atoms with Gasteiger partial charge in [0.1, 0.15) is 18.1 Å². The lowest BCUT2D eigenvalue weighted by molar-refractivity contribution is -0.116. The van der Waals surface area contributed by atoms with Gasteiger partial charge in [-0.05, 0) is 36.6 Å². The molecule has 6 nitrogen and oxygen atoms in total. The average Bonchev–Trinajstić information content (AvgIpc) is 2.97. The van der Waals surface area contributed by atoms with Gasteiger partial charge in [0.2, 0.25) is 5.91 Å². The van der Waals surface area contributed by atoms with Crippen molar-refractivity contribution in [1.82, 2.24) is 9.97 Å². The Morgan fingerprint density at radius 2 is 2.04 bits per heavy atom. The molecule has 1 amide bonds. The summed E-state index contributed by atoms with van der Waals surface area (Å²) < 4.78 is 0. The molecule has 0 radical (unpaired) electrons. The van der Waals surface area contributed by atoms with E-state index in [1.807, 2.05) is 0 Å². The van der Waals surface area contributed by atoms with Crippen molar-refractivity contribution in [1.29, 1.82) is 5.41 Å². The first-order valence-electron chi connectivity index (χ1n) is 8.89. The minimum absolute atomic E-state index is 0.160. The van der Waals surface area contributed by atoms with Gasteiger partial charge in [-0.2, -0.15) is 0 Å². The summed E-state index contributed by atoms with van der Waals surface area (Å²) >= 11 is 6.13. The zero-order chi connectivity index (χ0) is 18.1. The second-order valence-corrected chi connectivity index (χ2v) is 7.24. The molecule has 26 heavy (non-hydrogen) atoms. The fourth-order valence-corrected chi connectivity index (χ4v) is 4.02. The van der Waals surface area contributed by atoms with Crippen LogP contribution in [0.25, 0.3) is 0 Å². The molecule has 1 unspecified atom stereocenters. The van der Waals surface area contributed by atoms with Crippen molar-refractivity contribution in [2.75, 3.05) is 10.6 Å². The number of aromatic nitrogens is 2. The number of benzene rings is 1. The van der Waals surface area contributed by atoms with E-state index in [1.165, 1.54) is 31.8 Å². The lowest BCUT2D eigenvalue weighted by atomic mass is 9.93. The van der Waals surface area contributed by atoms with Gasteiger partial charge in [-0.25, -0.2) is 9.97 Å². The molecular weight excluding hydrogens is 350 g/mol. The van der Waals surface area contributed by atoms with E-state index < -0.39 is 5.92 Å². The molecular formula is C19H20ClN5O. The summed E-state index contributed by atoms with van der Waals surface area (Å²) in [5, 5.41) is 14.8. The largest absolute Gasteiger partial charge is 0.367 e. The minimum Gasteiger partial charge on any atom is -0.367 e. The summed E-state index contributed by atoms with van der Waals surface area (Å²) in [6, 6.07) is 5.67. The lowest BCUT2D eigenvalue weighted by Gasteiger charge is -2.24. The monoisotopic (exact) mass is 369 g/mol. The number of fused-ring (bicyclic) bond motifs is 1. The molecule has 1 fully saturated rings. The van der Waals surface area contributed by atoms with Crippen molar-refractivity contribution in [3.8, 4) is 0 Å². The zero-order valence-corrected chi connectivity index (χ0v) is 15.0. The SMILES string of the molecule is N=Cc1c(NC2CCCCC2)ncnc1C1C(=O)Nc2ccc(Cl)cc21. The van der Waals surface area contributed by atoms with Crippen LogP contribution in [0.5, 0.6) is 0 Å². The molecule has 4 rings (SSSR count). The van der Waals surface area contributed by atoms with Gasteiger partial charge in [-0.3, -0.25) is 4.79 Å². The average molecular weight is 370 g/mol. The Kier molecular flexibility index (Phi) is 4.59. The molecule has 0 bridgehead atoms. The summed E-state index contributed by atoms with van der Waals surface area (Å²) in [5.74, 6) is -0.122. The fraction of sp³-hybridized carbons (Fsp3) is 0.368. The number of carbonyl (C=O) groups excluding carboxylic acids is 1. The van der Waals surface area contributed by atoms with E-state index in [0.717, 1.165) is 24.1 Å². The van der Waals surface area contributed by atoms with Crippen molar-refractivity contribution >= 4 is 35.2 Å². The third-order valence-corrected chi connectivity index (χ3v) is 5.36. The Morgan fingerprint density at radius 3 is 2.81 bits per heavy atom. The number of hydrogen-bond acceptors (Lipinski definition) is 5. The predicted molar refractivity (Wildman–Crippen MR) is 102 cm³/mol. The topological polar surface area (TPSA) is 90.8 Å². The van der Waals surface area contributed by atoms with Gasteiger partial charge in [-0.15, -0.1) is 0 Å². The van der Waals surface area contributed by atoms with E-state index in [9.17, 15) is 4.79 Å². The number of anilines is 2. The van der Waals surface area contributed by atoms with Gasteiger partial charge in [0.15, 0.2) is 0 Å². The van der Waals surface area contributed by atoms with Crippen molar-refractivity contribution in [2.45, 2.75) is 44.1 Å².